The lowest BCUT2D eigenvalue weighted by atomic mass is 10.0. The third kappa shape index (κ3) is 26.1. The predicted octanol–water partition coefficient (Wildman–Crippen LogP) is 7.39. The standard InChI is InChI=1S/C28H60NO3/c1-5-7-9-10-11-12-13-14-15-16-17-18-19-20-21-29(3,4)22-24-31-26-28-32-27-25-30-23-8-6-2/h5-28H2,1-4H3/q+1. The van der Waals surface area contributed by atoms with E-state index in [2.05, 4.69) is 27.9 Å². The van der Waals surface area contributed by atoms with Crippen molar-refractivity contribution >= 4 is 0 Å². The van der Waals surface area contributed by atoms with Crippen LogP contribution in [0, 0.1) is 0 Å². The van der Waals surface area contributed by atoms with Crippen molar-refractivity contribution in [2.24, 2.45) is 0 Å². The van der Waals surface area contributed by atoms with Crippen LogP contribution in [-0.4, -0.2) is 71.3 Å². The first-order chi connectivity index (χ1) is 15.6. The van der Waals surface area contributed by atoms with E-state index in [1.165, 1.54) is 103 Å². The average Bonchev–Trinajstić information content (AvgIpc) is 2.77. The molecule has 4 nitrogen and oxygen atoms in total. The minimum Gasteiger partial charge on any atom is -0.379 e. The summed E-state index contributed by atoms with van der Waals surface area (Å²) in [6, 6.07) is 0. The summed E-state index contributed by atoms with van der Waals surface area (Å²) in [6.45, 7) is 11.2. The van der Waals surface area contributed by atoms with Crippen molar-refractivity contribution in [3.63, 3.8) is 0 Å². The molecule has 0 aromatic carbocycles. The van der Waals surface area contributed by atoms with Gasteiger partial charge in [-0.15, -0.1) is 0 Å². The molecule has 0 radical (unpaired) electrons. The van der Waals surface area contributed by atoms with E-state index < -0.39 is 0 Å². The van der Waals surface area contributed by atoms with Crippen LogP contribution < -0.4 is 0 Å². The third-order valence-corrected chi connectivity index (χ3v) is 6.34. The summed E-state index contributed by atoms with van der Waals surface area (Å²) < 4.78 is 17.8. The summed E-state index contributed by atoms with van der Waals surface area (Å²) in [6.07, 6.45) is 22.3. The Morgan fingerprint density at radius 3 is 1.22 bits per heavy atom. The molecule has 0 aliphatic rings. The van der Waals surface area contributed by atoms with Crippen LogP contribution >= 0.6 is 0 Å². The molecule has 4 heteroatoms. The van der Waals surface area contributed by atoms with Crippen LogP contribution in [0.25, 0.3) is 0 Å². The van der Waals surface area contributed by atoms with Gasteiger partial charge in [-0.2, -0.15) is 0 Å². The summed E-state index contributed by atoms with van der Waals surface area (Å²) in [7, 11) is 4.66. The second-order valence-corrected chi connectivity index (χ2v) is 10.2. The summed E-state index contributed by atoms with van der Waals surface area (Å²) in [4.78, 5) is 0. The van der Waals surface area contributed by atoms with E-state index in [0.29, 0.717) is 26.4 Å². The van der Waals surface area contributed by atoms with E-state index in [1.807, 2.05) is 0 Å². The second kappa shape index (κ2) is 25.5. The van der Waals surface area contributed by atoms with Crippen molar-refractivity contribution in [1.82, 2.24) is 0 Å². The SMILES string of the molecule is CCCCCCCCCCCCCCCC[N+](C)(C)CCOCCOCCOCCCC. The smallest absolute Gasteiger partial charge is 0.102 e. The molecule has 0 atom stereocenters. The van der Waals surface area contributed by atoms with Gasteiger partial charge in [-0.25, -0.2) is 0 Å². The van der Waals surface area contributed by atoms with Crippen molar-refractivity contribution < 1.29 is 18.7 Å². The quantitative estimate of drug-likeness (QED) is 0.0948. The van der Waals surface area contributed by atoms with Crippen molar-refractivity contribution in [1.29, 1.82) is 0 Å². The lowest BCUT2D eigenvalue weighted by Gasteiger charge is -2.29. The van der Waals surface area contributed by atoms with Crippen LogP contribution in [0.2, 0.25) is 0 Å². The number of hydrogen-bond donors (Lipinski definition) is 0. The normalized spacial score (nSPS) is 12.0. The highest BCUT2D eigenvalue weighted by atomic mass is 16.5. The number of likely N-dealkylation sites (N-methyl/N-ethyl adjacent to an activating group) is 1. The van der Waals surface area contributed by atoms with Gasteiger partial charge in [0.1, 0.15) is 6.54 Å². The van der Waals surface area contributed by atoms with Gasteiger partial charge in [-0.1, -0.05) is 97.3 Å². The fourth-order valence-electron chi connectivity index (χ4n) is 3.95. The van der Waals surface area contributed by atoms with Crippen LogP contribution in [0.15, 0.2) is 0 Å². The van der Waals surface area contributed by atoms with E-state index in [-0.39, 0.29) is 0 Å². The van der Waals surface area contributed by atoms with E-state index in [1.54, 1.807) is 0 Å². The first kappa shape index (κ1) is 31.8. The molecule has 0 fully saturated rings. The Kier molecular flexibility index (Phi) is 25.3. The zero-order valence-corrected chi connectivity index (χ0v) is 22.6. The Hall–Kier alpha value is -0.160. The number of hydrogen-bond acceptors (Lipinski definition) is 3. The molecule has 0 heterocycles. The van der Waals surface area contributed by atoms with Gasteiger partial charge in [-0.3, -0.25) is 0 Å². The second-order valence-electron chi connectivity index (χ2n) is 10.2. The van der Waals surface area contributed by atoms with Gasteiger partial charge < -0.3 is 18.7 Å². The lowest BCUT2D eigenvalue weighted by molar-refractivity contribution is -0.891. The van der Waals surface area contributed by atoms with E-state index in [0.717, 1.165) is 30.7 Å². The first-order valence-corrected chi connectivity index (χ1v) is 14.2. The maximum Gasteiger partial charge on any atom is 0.102 e. The Balaban J connectivity index is 3.28. The molecular weight excluding hydrogens is 398 g/mol. The van der Waals surface area contributed by atoms with Gasteiger partial charge in [-0.05, 0) is 19.3 Å². The van der Waals surface area contributed by atoms with Gasteiger partial charge in [0.15, 0.2) is 0 Å². The van der Waals surface area contributed by atoms with E-state index in [4.69, 9.17) is 14.2 Å². The van der Waals surface area contributed by atoms with E-state index in [9.17, 15) is 0 Å². The van der Waals surface area contributed by atoms with Crippen LogP contribution in [0.1, 0.15) is 117 Å². The zero-order valence-electron chi connectivity index (χ0n) is 22.6. The largest absolute Gasteiger partial charge is 0.379 e. The predicted molar refractivity (Wildman–Crippen MR) is 140 cm³/mol. The highest BCUT2D eigenvalue weighted by molar-refractivity contribution is 4.49. The van der Waals surface area contributed by atoms with Gasteiger partial charge in [0.25, 0.3) is 0 Å². The summed E-state index contributed by atoms with van der Waals surface area (Å²) in [5.74, 6) is 0. The zero-order chi connectivity index (χ0) is 23.6. The summed E-state index contributed by atoms with van der Waals surface area (Å²) in [5, 5.41) is 0. The highest BCUT2D eigenvalue weighted by Crippen LogP contribution is 2.13. The minimum absolute atomic E-state index is 0.670. The molecule has 0 rings (SSSR count). The molecule has 0 amide bonds. The summed E-state index contributed by atoms with van der Waals surface area (Å²) in [5.41, 5.74) is 0. The fourth-order valence-corrected chi connectivity index (χ4v) is 3.95. The minimum atomic E-state index is 0.670. The monoisotopic (exact) mass is 458 g/mol. The van der Waals surface area contributed by atoms with Crippen LogP contribution in [0.5, 0.6) is 0 Å². The molecule has 0 aliphatic heterocycles. The van der Waals surface area contributed by atoms with Crippen molar-refractivity contribution in [2.45, 2.75) is 117 Å². The summed E-state index contributed by atoms with van der Waals surface area (Å²) >= 11 is 0. The maximum absolute atomic E-state index is 5.76. The molecule has 0 aromatic rings. The Morgan fingerprint density at radius 1 is 0.375 bits per heavy atom. The van der Waals surface area contributed by atoms with Gasteiger partial charge in [0.2, 0.25) is 0 Å². The van der Waals surface area contributed by atoms with Crippen molar-refractivity contribution in [2.75, 3.05) is 66.8 Å². The molecule has 0 saturated carbocycles. The molecule has 0 bridgehead atoms. The number of ether oxygens (including phenoxy) is 3. The van der Waals surface area contributed by atoms with Crippen molar-refractivity contribution in [3.8, 4) is 0 Å². The van der Waals surface area contributed by atoms with Crippen LogP contribution in [0.3, 0.4) is 0 Å². The molecule has 0 unspecified atom stereocenters. The van der Waals surface area contributed by atoms with Gasteiger partial charge in [0, 0.05) is 6.61 Å². The molecule has 32 heavy (non-hydrogen) atoms. The Bertz CT molecular complexity index is 350. The number of rotatable bonds is 27. The molecule has 0 aromatic heterocycles. The van der Waals surface area contributed by atoms with Gasteiger partial charge >= 0.3 is 0 Å². The number of unbranched alkanes of at least 4 members (excludes halogenated alkanes) is 14. The van der Waals surface area contributed by atoms with E-state index >= 15 is 0 Å². The van der Waals surface area contributed by atoms with Crippen LogP contribution in [-0.2, 0) is 14.2 Å². The fraction of sp³-hybridized carbons (Fsp3) is 1.00. The molecule has 0 aliphatic carbocycles. The van der Waals surface area contributed by atoms with Gasteiger partial charge in [0.05, 0.1) is 53.7 Å². The molecule has 0 N–H and O–H groups in total. The molecular formula is C28H60NO3+. The molecule has 0 saturated heterocycles. The van der Waals surface area contributed by atoms with Crippen molar-refractivity contribution in [3.05, 3.63) is 0 Å². The molecule has 0 spiro atoms. The van der Waals surface area contributed by atoms with Crippen LogP contribution in [0.4, 0.5) is 0 Å². The first-order valence-electron chi connectivity index (χ1n) is 14.2. The Labute approximate surface area is 202 Å². The number of quaternary nitrogens is 1. The molecule has 194 valence electrons. The third-order valence-electron chi connectivity index (χ3n) is 6.34. The average molecular weight is 459 g/mol. The lowest BCUT2D eigenvalue weighted by Crippen LogP contribution is -2.43. The topological polar surface area (TPSA) is 27.7 Å². The Morgan fingerprint density at radius 2 is 0.750 bits per heavy atom. The maximum atomic E-state index is 5.76. The highest BCUT2D eigenvalue weighted by Gasteiger charge is 2.13. The number of nitrogens with zero attached hydrogens (tertiary/aromatic N) is 1.